The van der Waals surface area contributed by atoms with Gasteiger partial charge >= 0.3 is 6.03 Å². The lowest BCUT2D eigenvalue weighted by Crippen LogP contribution is -2.46. The third-order valence-electron chi connectivity index (χ3n) is 4.40. The third-order valence-corrected chi connectivity index (χ3v) is 4.86. The van der Waals surface area contributed by atoms with E-state index in [1.807, 2.05) is 42.5 Å². The zero-order valence-electron chi connectivity index (χ0n) is 14.4. The number of hydrogen-bond donors (Lipinski definition) is 0. The van der Waals surface area contributed by atoms with Crippen LogP contribution in [-0.4, -0.2) is 29.7 Å². The molecule has 0 spiro atoms. The summed E-state index contributed by atoms with van der Waals surface area (Å²) in [7, 11) is 1.61. The number of anilines is 2. The lowest BCUT2D eigenvalue weighted by atomic mass is 10.1. The molecule has 27 heavy (non-hydrogen) atoms. The molecular formula is C19H14BrN5O2. The van der Waals surface area contributed by atoms with E-state index in [2.05, 4.69) is 25.9 Å². The topological polar surface area (TPSA) is 82.4 Å². The van der Waals surface area contributed by atoms with Crippen molar-refractivity contribution in [3.05, 3.63) is 52.8 Å². The van der Waals surface area contributed by atoms with Gasteiger partial charge in [0.2, 0.25) is 0 Å². The lowest BCUT2D eigenvalue weighted by Gasteiger charge is -2.35. The highest BCUT2D eigenvalue weighted by Crippen LogP contribution is 2.40. The van der Waals surface area contributed by atoms with Crippen molar-refractivity contribution >= 4 is 44.4 Å². The molecule has 2 amide bonds. The number of ether oxygens (including phenoxy) is 1. The van der Waals surface area contributed by atoms with Crippen LogP contribution in [0.1, 0.15) is 5.56 Å². The Morgan fingerprint density at radius 2 is 1.96 bits per heavy atom. The number of carbonyl (C=O) groups is 1. The Hall–Kier alpha value is -3.18. The molecule has 0 saturated heterocycles. The molecule has 1 aromatic heterocycles. The van der Waals surface area contributed by atoms with Gasteiger partial charge in [-0.3, -0.25) is 9.80 Å². The molecule has 134 valence electrons. The first-order valence-electron chi connectivity index (χ1n) is 8.15. The maximum atomic E-state index is 13.2. The van der Waals surface area contributed by atoms with Crippen molar-refractivity contribution in [2.24, 2.45) is 0 Å². The average molecular weight is 424 g/mol. The highest BCUT2D eigenvalue weighted by molar-refractivity contribution is 9.10. The van der Waals surface area contributed by atoms with E-state index in [4.69, 9.17) is 4.74 Å². The second-order valence-corrected chi connectivity index (χ2v) is 6.89. The molecule has 2 heterocycles. The predicted molar refractivity (Wildman–Crippen MR) is 105 cm³/mol. The molecule has 0 unspecified atom stereocenters. The Morgan fingerprint density at radius 1 is 1.19 bits per heavy atom. The number of urea groups is 1. The Labute approximate surface area is 163 Å². The minimum atomic E-state index is -0.294. The van der Waals surface area contributed by atoms with Crippen LogP contribution >= 0.6 is 15.9 Å². The summed E-state index contributed by atoms with van der Waals surface area (Å²) in [5.41, 5.74) is 2.36. The fourth-order valence-corrected chi connectivity index (χ4v) is 3.59. The molecule has 0 N–H and O–H groups in total. The second-order valence-electron chi connectivity index (χ2n) is 5.98. The summed E-state index contributed by atoms with van der Waals surface area (Å²) >= 11 is 3.49. The summed E-state index contributed by atoms with van der Waals surface area (Å²) in [6.07, 6.45) is 1.41. The first-order chi connectivity index (χ1) is 13.1. The number of aromatic nitrogens is 2. The van der Waals surface area contributed by atoms with Crippen molar-refractivity contribution in [1.29, 1.82) is 5.26 Å². The van der Waals surface area contributed by atoms with E-state index in [9.17, 15) is 10.1 Å². The van der Waals surface area contributed by atoms with Crippen LogP contribution in [0, 0.1) is 11.3 Å². The van der Waals surface area contributed by atoms with Gasteiger partial charge in [0.15, 0.2) is 5.82 Å². The van der Waals surface area contributed by atoms with Crippen LogP contribution in [0.25, 0.3) is 10.9 Å². The van der Waals surface area contributed by atoms with E-state index < -0.39 is 0 Å². The highest BCUT2D eigenvalue weighted by atomic mass is 79.9. The fourth-order valence-electron chi connectivity index (χ4n) is 3.16. The summed E-state index contributed by atoms with van der Waals surface area (Å²) in [6, 6.07) is 13.0. The zero-order valence-corrected chi connectivity index (χ0v) is 16.0. The molecule has 4 rings (SSSR count). The summed E-state index contributed by atoms with van der Waals surface area (Å²) < 4.78 is 6.01. The molecule has 0 aliphatic carbocycles. The number of benzene rings is 2. The zero-order chi connectivity index (χ0) is 19.0. The van der Waals surface area contributed by atoms with Gasteiger partial charge in [-0.2, -0.15) is 5.26 Å². The van der Waals surface area contributed by atoms with Crippen molar-refractivity contribution in [2.75, 3.05) is 23.5 Å². The molecule has 0 bridgehead atoms. The number of methoxy groups -OCH3 is 1. The minimum absolute atomic E-state index is 0.0838. The molecule has 1 aliphatic heterocycles. The van der Waals surface area contributed by atoms with Crippen molar-refractivity contribution in [2.45, 2.75) is 6.54 Å². The van der Waals surface area contributed by atoms with E-state index in [-0.39, 0.29) is 12.6 Å². The van der Waals surface area contributed by atoms with Crippen LogP contribution < -0.4 is 14.5 Å². The van der Waals surface area contributed by atoms with Crippen LogP contribution in [0.5, 0.6) is 5.75 Å². The Bertz CT molecular complexity index is 1080. The summed E-state index contributed by atoms with van der Waals surface area (Å²) in [5.74, 6) is 1.21. The van der Waals surface area contributed by atoms with Crippen LogP contribution in [0.4, 0.5) is 16.3 Å². The molecule has 8 heteroatoms. The summed E-state index contributed by atoms with van der Waals surface area (Å²) in [6.45, 7) is 0.268. The average Bonchev–Trinajstić information content (AvgIpc) is 2.68. The number of hydrogen-bond acceptors (Lipinski definition) is 5. The van der Waals surface area contributed by atoms with Crippen LogP contribution in [-0.2, 0) is 6.54 Å². The summed E-state index contributed by atoms with van der Waals surface area (Å²) in [5, 5.41) is 9.94. The molecule has 0 radical (unpaired) electrons. The number of nitriles is 1. The van der Waals surface area contributed by atoms with Gasteiger partial charge in [0.25, 0.3) is 0 Å². The first kappa shape index (κ1) is 17.2. The van der Waals surface area contributed by atoms with E-state index in [1.54, 1.807) is 12.0 Å². The van der Waals surface area contributed by atoms with Crippen molar-refractivity contribution in [1.82, 2.24) is 9.97 Å². The van der Waals surface area contributed by atoms with Gasteiger partial charge in [-0.1, -0.05) is 28.1 Å². The largest absolute Gasteiger partial charge is 0.497 e. The molecule has 1 aliphatic rings. The van der Waals surface area contributed by atoms with Crippen LogP contribution in [0.2, 0.25) is 0 Å². The van der Waals surface area contributed by atoms with Crippen molar-refractivity contribution in [3.8, 4) is 11.8 Å². The molecule has 7 nitrogen and oxygen atoms in total. The Morgan fingerprint density at radius 3 is 2.67 bits per heavy atom. The molecule has 0 fully saturated rings. The van der Waals surface area contributed by atoms with Crippen LogP contribution in [0.3, 0.4) is 0 Å². The molecule has 3 aromatic rings. The lowest BCUT2D eigenvalue weighted by molar-refractivity contribution is 0.251. The highest BCUT2D eigenvalue weighted by Gasteiger charge is 2.33. The quantitative estimate of drug-likeness (QED) is 0.594. The standard InChI is InChI=1S/C19H14BrN5O2/c1-27-14-4-2-12(3-5-14)10-25-16-9-13(20)8-15-17(16)18(23-11-22-15)24(7-6-21)19(25)26/h2-5,8-9,11H,7,10H2,1H3. The van der Waals surface area contributed by atoms with Crippen molar-refractivity contribution < 1.29 is 9.53 Å². The molecule has 0 atom stereocenters. The van der Waals surface area contributed by atoms with E-state index in [0.29, 0.717) is 23.6 Å². The second kappa shape index (κ2) is 6.85. The summed E-state index contributed by atoms with van der Waals surface area (Å²) in [4.78, 5) is 24.8. The number of carbonyl (C=O) groups excluding carboxylic acids is 1. The molecule has 0 saturated carbocycles. The number of amides is 2. The molecule has 2 aromatic carbocycles. The molecular weight excluding hydrogens is 410 g/mol. The first-order valence-corrected chi connectivity index (χ1v) is 8.95. The van der Waals surface area contributed by atoms with E-state index in [1.165, 1.54) is 11.2 Å². The SMILES string of the molecule is COc1ccc(CN2C(=O)N(CC#N)c3ncnc4cc(Br)cc2c34)cc1. The predicted octanol–water partition coefficient (Wildman–Crippen LogP) is 3.87. The number of halogens is 1. The maximum absolute atomic E-state index is 13.2. The van der Waals surface area contributed by atoms with Gasteiger partial charge in [0, 0.05) is 4.47 Å². The van der Waals surface area contributed by atoms with E-state index >= 15 is 0 Å². The third kappa shape index (κ3) is 2.96. The number of nitrogens with zero attached hydrogens (tertiary/aromatic N) is 5. The van der Waals surface area contributed by atoms with Gasteiger partial charge in [0.05, 0.1) is 36.3 Å². The van der Waals surface area contributed by atoms with Crippen LogP contribution in [0.15, 0.2) is 47.2 Å². The Kier molecular flexibility index (Phi) is 4.38. The van der Waals surface area contributed by atoms with Gasteiger partial charge in [-0.25, -0.2) is 14.8 Å². The van der Waals surface area contributed by atoms with Gasteiger partial charge in [-0.05, 0) is 29.8 Å². The maximum Gasteiger partial charge on any atom is 0.331 e. The van der Waals surface area contributed by atoms with E-state index in [0.717, 1.165) is 21.2 Å². The van der Waals surface area contributed by atoms with Crippen molar-refractivity contribution in [3.63, 3.8) is 0 Å². The fraction of sp³-hybridized carbons (Fsp3) is 0.158. The Balaban J connectivity index is 1.86. The number of rotatable bonds is 4. The van der Waals surface area contributed by atoms with Gasteiger partial charge < -0.3 is 4.74 Å². The smallest absolute Gasteiger partial charge is 0.331 e. The minimum Gasteiger partial charge on any atom is -0.497 e. The van der Waals surface area contributed by atoms with Gasteiger partial charge in [-0.15, -0.1) is 0 Å². The van der Waals surface area contributed by atoms with Gasteiger partial charge in [0.1, 0.15) is 18.6 Å². The monoisotopic (exact) mass is 423 g/mol. The normalized spacial score (nSPS) is 13.0.